The average Bonchev–Trinajstić information content (AvgIpc) is 2.85. The van der Waals surface area contributed by atoms with Crippen LogP contribution in [-0.4, -0.2) is 40.6 Å². The third-order valence-corrected chi connectivity index (χ3v) is 4.04. The molecule has 1 aromatic heterocycles. The minimum absolute atomic E-state index is 0.00272. The molecule has 0 aliphatic carbocycles. The normalized spacial score (nSPS) is 25.9. The quantitative estimate of drug-likeness (QED) is 0.877. The van der Waals surface area contributed by atoms with E-state index in [1.54, 1.807) is 6.26 Å². The second kappa shape index (κ2) is 6.41. The van der Waals surface area contributed by atoms with Gasteiger partial charge in [-0.1, -0.05) is 0 Å². The molecule has 2 atom stereocenters. The maximum absolute atomic E-state index is 12.2. The van der Waals surface area contributed by atoms with Crippen LogP contribution in [0.1, 0.15) is 38.9 Å². The third kappa shape index (κ3) is 4.08. The van der Waals surface area contributed by atoms with Crippen LogP contribution >= 0.6 is 0 Å². The number of hydrogen-bond donors (Lipinski definition) is 2. The van der Waals surface area contributed by atoms with E-state index in [2.05, 4.69) is 10.2 Å². The van der Waals surface area contributed by atoms with Gasteiger partial charge in [0.05, 0.1) is 24.5 Å². The van der Waals surface area contributed by atoms with E-state index in [-0.39, 0.29) is 11.9 Å². The average molecular weight is 280 g/mol. The molecule has 2 unspecified atom stereocenters. The molecule has 5 nitrogen and oxygen atoms in total. The summed E-state index contributed by atoms with van der Waals surface area (Å²) < 4.78 is 5.20. The van der Waals surface area contributed by atoms with Gasteiger partial charge in [-0.3, -0.25) is 9.69 Å². The van der Waals surface area contributed by atoms with E-state index < -0.39 is 5.60 Å². The lowest BCUT2D eigenvalue weighted by Gasteiger charge is -2.27. The van der Waals surface area contributed by atoms with Gasteiger partial charge >= 0.3 is 0 Å². The van der Waals surface area contributed by atoms with E-state index >= 15 is 0 Å². The monoisotopic (exact) mass is 280 g/mol. The molecule has 0 saturated carbocycles. The molecule has 1 aliphatic rings. The zero-order valence-corrected chi connectivity index (χ0v) is 12.3. The van der Waals surface area contributed by atoms with Gasteiger partial charge in [-0.05, 0) is 51.8 Å². The second-order valence-electron chi connectivity index (χ2n) is 5.86. The fourth-order valence-electron chi connectivity index (χ4n) is 2.57. The van der Waals surface area contributed by atoms with Crippen LogP contribution in [0.4, 0.5) is 0 Å². The van der Waals surface area contributed by atoms with Crippen molar-refractivity contribution in [2.75, 3.05) is 13.1 Å². The summed E-state index contributed by atoms with van der Waals surface area (Å²) in [7, 11) is 0. The zero-order valence-electron chi connectivity index (χ0n) is 12.3. The molecule has 0 radical (unpaired) electrons. The summed E-state index contributed by atoms with van der Waals surface area (Å²) in [5.41, 5.74) is -0.598. The first-order valence-electron chi connectivity index (χ1n) is 7.24. The molecule has 112 valence electrons. The van der Waals surface area contributed by atoms with Crippen LogP contribution in [0.15, 0.2) is 22.8 Å². The summed E-state index contributed by atoms with van der Waals surface area (Å²) in [5, 5.41) is 13.0. The number of nitrogens with zero attached hydrogens (tertiary/aromatic N) is 1. The van der Waals surface area contributed by atoms with E-state index in [9.17, 15) is 9.90 Å². The highest BCUT2D eigenvalue weighted by atomic mass is 16.3. The highest BCUT2D eigenvalue weighted by Crippen LogP contribution is 2.22. The number of furan rings is 1. The highest BCUT2D eigenvalue weighted by Gasteiger charge is 2.29. The summed E-state index contributed by atoms with van der Waals surface area (Å²) in [5.74, 6) is 0.757. The summed E-state index contributed by atoms with van der Waals surface area (Å²) >= 11 is 0. The number of carbonyl (C=O) groups excluding carboxylic acids is 1. The van der Waals surface area contributed by atoms with Gasteiger partial charge in [0.15, 0.2) is 0 Å². The van der Waals surface area contributed by atoms with E-state index in [1.165, 1.54) is 0 Å². The Morgan fingerprint density at radius 3 is 3.05 bits per heavy atom. The van der Waals surface area contributed by atoms with Crippen molar-refractivity contribution in [2.45, 2.75) is 51.3 Å². The molecule has 1 saturated heterocycles. The Morgan fingerprint density at radius 1 is 1.55 bits per heavy atom. The fraction of sp³-hybridized carbons (Fsp3) is 0.667. The first kappa shape index (κ1) is 15.1. The lowest BCUT2D eigenvalue weighted by Crippen LogP contribution is -2.45. The largest absolute Gasteiger partial charge is 0.467 e. The summed E-state index contributed by atoms with van der Waals surface area (Å²) in [4.78, 5) is 14.3. The molecule has 1 amide bonds. The predicted octanol–water partition coefficient (Wildman–Crippen LogP) is 1.52. The van der Waals surface area contributed by atoms with Crippen LogP contribution in [0.2, 0.25) is 0 Å². The summed E-state index contributed by atoms with van der Waals surface area (Å²) in [6, 6.07) is 3.47. The molecule has 0 bridgehead atoms. The van der Waals surface area contributed by atoms with Gasteiger partial charge in [-0.25, -0.2) is 0 Å². The number of likely N-dealkylation sites (tertiary alicyclic amines) is 1. The van der Waals surface area contributed by atoms with Crippen molar-refractivity contribution in [2.24, 2.45) is 0 Å². The van der Waals surface area contributed by atoms with Gasteiger partial charge in [0.1, 0.15) is 5.76 Å². The van der Waals surface area contributed by atoms with E-state index in [1.807, 2.05) is 26.0 Å². The molecule has 5 heteroatoms. The minimum Gasteiger partial charge on any atom is -0.467 e. The standard InChI is InChI=1S/C15H24N2O3/c1-12(14(18)16-11-13-5-3-10-20-13)17-8-4-6-15(2,19)7-9-17/h3,5,10,12,19H,4,6-9,11H2,1-2H3,(H,16,18). The van der Waals surface area contributed by atoms with Crippen LogP contribution in [0.3, 0.4) is 0 Å². The topological polar surface area (TPSA) is 65.7 Å². The SMILES string of the molecule is CC(C(=O)NCc1ccco1)N1CCCC(C)(O)CC1. The van der Waals surface area contributed by atoms with Gasteiger partial charge < -0.3 is 14.8 Å². The van der Waals surface area contributed by atoms with Crippen molar-refractivity contribution in [3.63, 3.8) is 0 Å². The molecule has 2 heterocycles. The predicted molar refractivity (Wildman–Crippen MR) is 76.1 cm³/mol. The molecular weight excluding hydrogens is 256 g/mol. The Balaban J connectivity index is 1.83. The molecule has 20 heavy (non-hydrogen) atoms. The maximum atomic E-state index is 12.2. The van der Waals surface area contributed by atoms with Crippen molar-refractivity contribution < 1.29 is 14.3 Å². The lowest BCUT2D eigenvalue weighted by atomic mass is 9.98. The number of hydrogen-bond acceptors (Lipinski definition) is 4. The van der Waals surface area contributed by atoms with Crippen molar-refractivity contribution in [1.82, 2.24) is 10.2 Å². The van der Waals surface area contributed by atoms with E-state index in [4.69, 9.17) is 4.42 Å². The first-order chi connectivity index (χ1) is 9.48. The van der Waals surface area contributed by atoms with Crippen molar-refractivity contribution in [3.05, 3.63) is 24.2 Å². The van der Waals surface area contributed by atoms with Gasteiger partial charge in [0.2, 0.25) is 5.91 Å². The molecule has 0 aromatic carbocycles. The molecule has 0 spiro atoms. The Morgan fingerprint density at radius 2 is 2.35 bits per heavy atom. The number of aliphatic hydroxyl groups is 1. The van der Waals surface area contributed by atoms with Gasteiger partial charge in [-0.2, -0.15) is 0 Å². The second-order valence-corrected chi connectivity index (χ2v) is 5.86. The van der Waals surface area contributed by atoms with Crippen LogP contribution in [-0.2, 0) is 11.3 Å². The Kier molecular flexibility index (Phi) is 4.83. The van der Waals surface area contributed by atoms with E-state index in [0.717, 1.165) is 31.7 Å². The molecule has 2 N–H and O–H groups in total. The van der Waals surface area contributed by atoms with Gasteiger partial charge in [0, 0.05) is 6.54 Å². The first-order valence-corrected chi connectivity index (χ1v) is 7.24. The van der Waals surface area contributed by atoms with Crippen molar-refractivity contribution in [3.8, 4) is 0 Å². The Labute approximate surface area is 119 Å². The molecule has 1 fully saturated rings. The summed E-state index contributed by atoms with van der Waals surface area (Å²) in [6.45, 7) is 5.81. The summed E-state index contributed by atoms with van der Waals surface area (Å²) in [6.07, 6.45) is 4.03. The molecule has 1 aromatic rings. The highest BCUT2D eigenvalue weighted by molar-refractivity contribution is 5.81. The molecular formula is C15H24N2O3. The van der Waals surface area contributed by atoms with Crippen LogP contribution in [0.5, 0.6) is 0 Å². The van der Waals surface area contributed by atoms with Gasteiger partial charge in [-0.15, -0.1) is 0 Å². The smallest absolute Gasteiger partial charge is 0.237 e. The van der Waals surface area contributed by atoms with E-state index in [0.29, 0.717) is 13.0 Å². The Hall–Kier alpha value is -1.33. The molecule has 2 rings (SSSR count). The fourth-order valence-corrected chi connectivity index (χ4v) is 2.57. The van der Waals surface area contributed by atoms with Crippen LogP contribution in [0, 0.1) is 0 Å². The van der Waals surface area contributed by atoms with Gasteiger partial charge in [0.25, 0.3) is 0 Å². The minimum atomic E-state index is -0.598. The van der Waals surface area contributed by atoms with Crippen LogP contribution < -0.4 is 5.32 Å². The Bertz CT molecular complexity index is 428. The maximum Gasteiger partial charge on any atom is 0.237 e. The van der Waals surface area contributed by atoms with Crippen molar-refractivity contribution >= 4 is 5.91 Å². The van der Waals surface area contributed by atoms with Crippen LogP contribution in [0.25, 0.3) is 0 Å². The number of amides is 1. The third-order valence-electron chi connectivity index (χ3n) is 4.04. The number of rotatable bonds is 4. The number of carbonyl (C=O) groups is 1. The number of nitrogens with one attached hydrogen (secondary N) is 1. The molecule has 1 aliphatic heterocycles. The zero-order chi connectivity index (χ0) is 14.6. The van der Waals surface area contributed by atoms with Crippen molar-refractivity contribution in [1.29, 1.82) is 0 Å². The lowest BCUT2D eigenvalue weighted by molar-refractivity contribution is -0.126.